The van der Waals surface area contributed by atoms with Crippen molar-refractivity contribution >= 4 is 21.4 Å². The van der Waals surface area contributed by atoms with E-state index in [4.69, 9.17) is 9.84 Å². The predicted octanol–water partition coefficient (Wildman–Crippen LogP) is 1.48. The Labute approximate surface area is 117 Å². The molecule has 1 aliphatic heterocycles. The molecule has 108 valence electrons. The van der Waals surface area contributed by atoms with Crippen molar-refractivity contribution in [3.63, 3.8) is 0 Å². The third-order valence-corrected chi connectivity index (χ3v) is 5.80. The Kier molecular flexibility index (Phi) is 4.32. The van der Waals surface area contributed by atoms with Crippen LogP contribution in [0.2, 0.25) is 0 Å². The lowest BCUT2D eigenvalue weighted by atomic mass is 9.95. The minimum absolute atomic E-state index is 0.125. The van der Waals surface area contributed by atoms with Gasteiger partial charge in [0.15, 0.2) is 0 Å². The molecule has 0 spiro atoms. The number of nitrogens with one attached hydrogen (secondary N) is 1. The molecule has 1 saturated heterocycles. The number of hydrogen-bond acceptors (Lipinski definition) is 5. The molecule has 2 heterocycles. The second kappa shape index (κ2) is 5.49. The van der Waals surface area contributed by atoms with E-state index in [-0.39, 0.29) is 23.1 Å². The molecule has 0 amide bonds. The fraction of sp³-hybridized carbons (Fsp3) is 0.667. The zero-order chi connectivity index (χ0) is 14.1. The molecular weight excluding hydrogens is 286 g/mol. The third kappa shape index (κ3) is 3.55. The van der Waals surface area contributed by atoms with Crippen molar-refractivity contribution in [3.05, 3.63) is 16.3 Å². The van der Waals surface area contributed by atoms with Crippen LogP contribution >= 0.6 is 11.3 Å². The molecule has 0 aliphatic carbocycles. The fourth-order valence-electron chi connectivity index (χ4n) is 2.30. The van der Waals surface area contributed by atoms with Crippen LogP contribution in [-0.4, -0.2) is 31.8 Å². The van der Waals surface area contributed by atoms with Gasteiger partial charge < -0.3 is 9.84 Å². The lowest BCUT2D eigenvalue weighted by Crippen LogP contribution is -2.45. The van der Waals surface area contributed by atoms with E-state index in [9.17, 15) is 8.42 Å². The lowest BCUT2D eigenvalue weighted by molar-refractivity contribution is -0.0599. The van der Waals surface area contributed by atoms with Crippen LogP contribution in [0.15, 0.2) is 16.3 Å². The SMILES string of the molecule is CC1(C)CC(NS(=O)(=O)c2ccsc2CO)CCO1. The highest BCUT2D eigenvalue weighted by Crippen LogP contribution is 2.27. The van der Waals surface area contributed by atoms with Crippen LogP contribution in [0.4, 0.5) is 0 Å². The van der Waals surface area contributed by atoms with E-state index in [0.29, 0.717) is 24.3 Å². The van der Waals surface area contributed by atoms with Gasteiger partial charge in [-0.1, -0.05) is 0 Å². The molecule has 19 heavy (non-hydrogen) atoms. The molecule has 1 aromatic heterocycles. The smallest absolute Gasteiger partial charge is 0.242 e. The highest BCUT2D eigenvalue weighted by atomic mass is 32.2. The van der Waals surface area contributed by atoms with Crippen molar-refractivity contribution in [2.24, 2.45) is 0 Å². The molecule has 2 N–H and O–H groups in total. The number of hydrogen-bond donors (Lipinski definition) is 2. The van der Waals surface area contributed by atoms with Gasteiger partial charge in [-0.15, -0.1) is 11.3 Å². The van der Waals surface area contributed by atoms with Crippen molar-refractivity contribution in [1.82, 2.24) is 4.72 Å². The first-order valence-corrected chi connectivity index (χ1v) is 8.54. The molecule has 0 aromatic carbocycles. The fourth-order valence-corrected chi connectivity index (χ4v) is 4.86. The second-order valence-electron chi connectivity index (χ2n) is 5.29. The Hall–Kier alpha value is -0.470. The minimum atomic E-state index is -3.56. The van der Waals surface area contributed by atoms with E-state index >= 15 is 0 Å². The quantitative estimate of drug-likeness (QED) is 0.883. The zero-order valence-electron chi connectivity index (χ0n) is 11.0. The first-order chi connectivity index (χ1) is 8.84. The van der Waals surface area contributed by atoms with Gasteiger partial charge in [-0.25, -0.2) is 13.1 Å². The molecule has 5 nitrogen and oxygen atoms in total. The summed E-state index contributed by atoms with van der Waals surface area (Å²) in [6, 6.07) is 1.41. The Balaban J connectivity index is 2.14. The van der Waals surface area contributed by atoms with Gasteiger partial charge in [0.2, 0.25) is 10.0 Å². The van der Waals surface area contributed by atoms with Crippen molar-refractivity contribution in [1.29, 1.82) is 0 Å². The van der Waals surface area contributed by atoms with E-state index in [0.717, 1.165) is 0 Å². The van der Waals surface area contributed by atoms with Crippen LogP contribution in [0.25, 0.3) is 0 Å². The van der Waals surface area contributed by atoms with Crippen LogP contribution < -0.4 is 4.72 Å². The van der Waals surface area contributed by atoms with E-state index in [1.807, 2.05) is 13.8 Å². The number of rotatable bonds is 4. The molecule has 0 bridgehead atoms. The maximum absolute atomic E-state index is 12.3. The normalized spacial score (nSPS) is 23.4. The summed E-state index contributed by atoms with van der Waals surface area (Å²) < 4.78 is 32.9. The maximum atomic E-state index is 12.3. The van der Waals surface area contributed by atoms with Gasteiger partial charge in [-0.05, 0) is 38.1 Å². The van der Waals surface area contributed by atoms with Gasteiger partial charge in [-0.3, -0.25) is 0 Å². The topological polar surface area (TPSA) is 75.6 Å². The maximum Gasteiger partial charge on any atom is 0.242 e. The molecule has 7 heteroatoms. The zero-order valence-corrected chi connectivity index (χ0v) is 12.7. The number of aliphatic hydroxyl groups is 1. The predicted molar refractivity (Wildman–Crippen MR) is 73.6 cm³/mol. The van der Waals surface area contributed by atoms with Crippen LogP contribution in [0.5, 0.6) is 0 Å². The monoisotopic (exact) mass is 305 g/mol. The van der Waals surface area contributed by atoms with Gasteiger partial charge in [0.25, 0.3) is 0 Å². The lowest BCUT2D eigenvalue weighted by Gasteiger charge is -2.35. The summed E-state index contributed by atoms with van der Waals surface area (Å²) in [7, 11) is -3.56. The minimum Gasteiger partial charge on any atom is -0.391 e. The molecule has 1 aliphatic rings. The van der Waals surface area contributed by atoms with Crippen molar-refractivity contribution in [2.75, 3.05) is 6.61 Å². The summed E-state index contributed by atoms with van der Waals surface area (Å²) in [5.74, 6) is 0. The standard InChI is InChI=1S/C12H19NO4S2/c1-12(2)7-9(3-5-17-12)13-19(15,16)11-4-6-18-10(11)8-14/h4,6,9,13-14H,3,5,7-8H2,1-2H3. The van der Waals surface area contributed by atoms with Crippen LogP contribution in [0.3, 0.4) is 0 Å². The van der Waals surface area contributed by atoms with E-state index in [2.05, 4.69) is 4.72 Å². The molecule has 1 unspecified atom stereocenters. The largest absolute Gasteiger partial charge is 0.391 e. The van der Waals surface area contributed by atoms with Gasteiger partial charge in [-0.2, -0.15) is 0 Å². The summed E-state index contributed by atoms with van der Waals surface area (Å²) in [6.45, 7) is 4.21. The van der Waals surface area contributed by atoms with E-state index in [1.54, 1.807) is 5.38 Å². The number of aliphatic hydroxyl groups excluding tert-OH is 1. The average Bonchev–Trinajstić information content (AvgIpc) is 2.75. The average molecular weight is 305 g/mol. The molecule has 1 atom stereocenters. The molecular formula is C12H19NO4S2. The molecule has 0 radical (unpaired) electrons. The van der Waals surface area contributed by atoms with Gasteiger partial charge >= 0.3 is 0 Å². The van der Waals surface area contributed by atoms with E-state index < -0.39 is 10.0 Å². The number of ether oxygens (including phenoxy) is 1. The molecule has 1 aromatic rings. The summed E-state index contributed by atoms with van der Waals surface area (Å²) in [5.41, 5.74) is -0.306. The second-order valence-corrected chi connectivity index (χ2v) is 7.97. The van der Waals surface area contributed by atoms with Crippen LogP contribution in [-0.2, 0) is 21.4 Å². The van der Waals surface area contributed by atoms with Crippen molar-refractivity contribution in [2.45, 2.75) is 49.8 Å². The van der Waals surface area contributed by atoms with Crippen LogP contribution in [0.1, 0.15) is 31.6 Å². The summed E-state index contributed by atoms with van der Waals surface area (Å²) >= 11 is 1.24. The highest BCUT2D eigenvalue weighted by Gasteiger charge is 2.32. The number of thiophene rings is 1. The Morgan fingerprint density at radius 1 is 1.58 bits per heavy atom. The molecule has 2 rings (SSSR count). The summed E-state index contributed by atoms with van der Waals surface area (Å²) in [6.07, 6.45) is 1.31. The first-order valence-electron chi connectivity index (χ1n) is 6.17. The van der Waals surface area contributed by atoms with Crippen LogP contribution in [0, 0.1) is 0 Å². The molecule has 0 saturated carbocycles. The van der Waals surface area contributed by atoms with Gasteiger partial charge in [0.05, 0.1) is 17.1 Å². The van der Waals surface area contributed by atoms with Gasteiger partial charge in [0, 0.05) is 17.5 Å². The number of sulfonamides is 1. The molecule has 1 fully saturated rings. The Morgan fingerprint density at radius 3 is 2.95 bits per heavy atom. The van der Waals surface area contributed by atoms with Crippen molar-refractivity contribution < 1.29 is 18.3 Å². The highest BCUT2D eigenvalue weighted by molar-refractivity contribution is 7.89. The van der Waals surface area contributed by atoms with Crippen molar-refractivity contribution in [3.8, 4) is 0 Å². The summed E-state index contributed by atoms with van der Waals surface area (Å²) in [4.78, 5) is 0.656. The van der Waals surface area contributed by atoms with Gasteiger partial charge in [0.1, 0.15) is 0 Å². The summed E-state index contributed by atoms with van der Waals surface area (Å²) in [5, 5.41) is 10.8. The first kappa shape index (κ1) is 14.9. The van der Waals surface area contributed by atoms with E-state index in [1.165, 1.54) is 17.4 Å². The third-order valence-electron chi connectivity index (χ3n) is 3.16. The Morgan fingerprint density at radius 2 is 2.32 bits per heavy atom. The Bertz CT molecular complexity index is 536.